The van der Waals surface area contributed by atoms with Gasteiger partial charge in [-0.15, -0.1) is 0 Å². The van der Waals surface area contributed by atoms with E-state index in [1.165, 1.54) is 12.1 Å². The van der Waals surface area contributed by atoms with Crippen LogP contribution in [0.25, 0.3) is 0 Å². The molecule has 1 heterocycles. The highest BCUT2D eigenvalue weighted by molar-refractivity contribution is 7.92. The molecule has 0 fully saturated rings. The molecule has 1 N–H and O–H groups in total. The molecule has 16 heavy (non-hydrogen) atoms. The number of hydrogen-bond donors (Lipinski definition) is 1. The Hall–Kier alpha value is -1.14. The summed E-state index contributed by atoms with van der Waals surface area (Å²) in [6.45, 7) is 0.898. The van der Waals surface area contributed by atoms with E-state index in [1.54, 1.807) is 0 Å². The van der Waals surface area contributed by atoms with Crippen molar-refractivity contribution in [1.82, 2.24) is 0 Å². The molecule has 1 aromatic carbocycles. The van der Waals surface area contributed by atoms with E-state index in [9.17, 15) is 8.42 Å². The fraction of sp³-hybridized carbons (Fsp3) is 0.333. The Morgan fingerprint density at radius 1 is 1.25 bits per heavy atom. The van der Waals surface area contributed by atoms with Crippen LogP contribution >= 0.6 is 11.6 Å². The van der Waals surface area contributed by atoms with Crippen LogP contribution in [0.1, 0.15) is 0 Å². The summed E-state index contributed by atoms with van der Waals surface area (Å²) in [6, 6.07) is 3.04. The maximum absolute atomic E-state index is 11.1. The van der Waals surface area contributed by atoms with E-state index in [-0.39, 0.29) is 10.7 Å². The molecule has 0 radical (unpaired) electrons. The summed E-state index contributed by atoms with van der Waals surface area (Å²) in [5.41, 5.74) is 0.286. The molecule has 0 amide bonds. The van der Waals surface area contributed by atoms with E-state index >= 15 is 0 Å². The van der Waals surface area contributed by atoms with Crippen molar-refractivity contribution in [2.24, 2.45) is 0 Å². The zero-order valence-corrected chi connectivity index (χ0v) is 10.1. The standard InChI is InChI=1S/C9H10ClNO4S/c1-16(12,13)11-7-5-9-8(4-6(7)10)14-2-3-15-9/h4-5,11H,2-3H2,1H3. The molecule has 0 aliphatic carbocycles. The normalized spacial score (nSPS) is 14.6. The molecule has 0 saturated carbocycles. The minimum Gasteiger partial charge on any atom is -0.486 e. The minimum absolute atomic E-state index is 0.273. The first kappa shape index (κ1) is 11.3. The largest absolute Gasteiger partial charge is 0.486 e. The average Bonchev–Trinajstić information content (AvgIpc) is 2.17. The van der Waals surface area contributed by atoms with Crippen LogP contribution in [0.15, 0.2) is 12.1 Å². The zero-order valence-electron chi connectivity index (χ0n) is 8.49. The Kier molecular flexibility index (Phi) is 2.86. The monoisotopic (exact) mass is 263 g/mol. The van der Waals surface area contributed by atoms with Gasteiger partial charge in [0.2, 0.25) is 10.0 Å². The Labute approximate surface area is 98.4 Å². The van der Waals surface area contributed by atoms with Gasteiger partial charge in [0.25, 0.3) is 0 Å². The van der Waals surface area contributed by atoms with Crippen LogP contribution in [0.2, 0.25) is 5.02 Å². The van der Waals surface area contributed by atoms with Crippen molar-refractivity contribution < 1.29 is 17.9 Å². The highest BCUT2D eigenvalue weighted by Crippen LogP contribution is 2.38. The summed E-state index contributed by atoms with van der Waals surface area (Å²) in [5.74, 6) is 1.01. The van der Waals surface area contributed by atoms with Gasteiger partial charge in [0.05, 0.1) is 17.0 Å². The highest BCUT2D eigenvalue weighted by atomic mass is 35.5. The van der Waals surface area contributed by atoms with Gasteiger partial charge in [-0.2, -0.15) is 0 Å². The van der Waals surface area contributed by atoms with Crippen LogP contribution in [0.3, 0.4) is 0 Å². The van der Waals surface area contributed by atoms with E-state index < -0.39 is 10.0 Å². The summed E-state index contributed by atoms with van der Waals surface area (Å²) >= 11 is 5.90. The van der Waals surface area contributed by atoms with Gasteiger partial charge in [-0.05, 0) is 0 Å². The minimum atomic E-state index is -3.36. The summed E-state index contributed by atoms with van der Waals surface area (Å²) in [7, 11) is -3.36. The number of rotatable bonds is 2. The summed E-state index contributed by atoms with van der Waals surface area (Å²) in [5, 5.41) is 0.273. The molecular formula is C9H10ClNO4S. The van der Waals surface area contributed by atoms with Crippen LogP contribution in [0.5, 0.6) is 11.5 Å². The first-order valence-corrected chi connectivity index (χ1v) is 6.79. The van der Waals surface area contributed by atoms with Crippen LogP contribution in [-0.2, 0) is 10.0 Å². The smallest absolute Gasteiger partial charge is 0.229 e. The Morgan fingerprint density at radius 3 is 2.38 bits per heavy atom. The molecule has 0 unspecified atom stereocenters. The topological polar surface area (TPSA) is 64.6 Å². The number of ether oxygens (including phenoxy) is 2. The first-order valence-electron chi connectivity index (χ1n) is 4.52. The molecule has 1 aromatic rings. The van der Waals surface area contributed by atoms with Gasteiger partial charge in [0, 0.05) is 12.1 Å². The number of anilines is 1. The van der Waals surface area contributed by atoms with Crippen molar-refractivity contribution in [3.8, 4) is 11.5 Å². The van der Waals surface area contributed by atoms with Crippen LogP contribution in [0.4, 0.5) is 5.69 Å². The maximum atomic E-state index is 11.1. The number of benzene rings is 1. The number of hydrogen-bond acceptors (Lipinski definition) is 4. The van der Waals surface area contributed by atoms with Crippen LogP contribution in [0, 0.1) is 0 Å². The van der Waals surface area contributed by atoms with Gasteiger partial charge in [0.15, 0.2) is 11.5 Å². The lowest BCUT2D eigenvalue weighted by Gasteiger charge is -2.19. The number of fused-ring (bicyclic) bond motifs is 1. The van der Waals surface area contributed by atoms with Crippen molar-refractivity contribution >= 4 is 27.3 Å². The van der Waals surface area contributed by atoms with Gasteiger partial charge in [-0.25, -0.2) is 8.42 Å². The molecular weight excluding hydrogens is 254 g/mol. The van der Waals surface area contributed by atoms with Crippen molar-refractivity contribution in [3.63, 3.8) is 0 Å². The van der Waals surface area contributed by atoms with Gasteiger partial charge in [0.1, 0.15) is 13.2 Å². The van der Waals surface area contributed by atoms with Gasteiger partial charge < -0.3 is 9.47 Å². The average molecular weight is 264 g/mol. The predicted octanol–water partition coefficient (Wildman–Crippen LogP) is 1.48. The van der Waals surface area contributed by atoms with Gasteiger partial charge >= 0.3 is 0 Å². The number of sulfonamides is 1. The number of nitrogens with one attached hydrogen (secondary N) is 1. The third-order valence-electron chi connectivity index (χ3n) is 1.93. The molecule has 5 nitrogen and oxygen atoms in total. The lowest BCUT2D eigenvalue weighted by Crippen LogP contribution is -2.16. The Bertz CT molecular complexity index is 514. The second-order valence-electron chi connectivity index (χ2n) is 3.35. The first-order chi connectivity index (χ1) is 7.46. The second kappa shape index (κ2) is 4.03. The molecule has 0 aromatic heterocycles. The van der Waals surface area contributed by atoms with Crippen molar-refractivity contribution in [2.45, 2.75) is 0 Å². The van der Waals surface area contributed by atoms with Crippen molar-refractivity contribution in [1.29, 1.82) is 0 Å². The molecule has 0 atom stereocenters. The zero-order chi connectivity index (χ0) is 11.8. The molecule has 0 bridgehead atoms. The highest BCUT2D eigenvalue weighted by Gasteiger charge is 2.16. The summed E-state index contributed by atoms with van der Waals surface area (Å²) < 4.78 is 35.1. The molecule has 0 saturated heterocycles. The quantitative estimate of drug-likeness (QED) is 0.878. The van der Waals surface area contributed by atoms with E-state index in [1.807, 2.05) is 0 Å². The molecule has 88 valence electrons. The fourth-order valence-corrected chi connectivity index (χ4v) is 2.17. The molecule has 0 spiro atoms. The lowest BCUT2D eigenvalue weighted by atomic mass is 10.2. The van der Waals surface area contributed by atoms with E-state index in [4.69, 9.17) is 21.1 Å². The molecule has 7 heteroatoms. The Balaban J connectivity index is 2.40. The summed E-state index contributed by atoms with van der Waals surface area (Å²) in [4.78, 5) is 0. The SMILES string of the molecule is CS(=O)(=O)Nc1cc2c(cc1Cl)OCCO2. The fourth-order valence-electron chi connectivity index (χ4n) is 1.34. The van der Waals surface area contributed by atoms with Gasteiger partial charge in [-0.3, -0.25) is 4.72 Å². The number of halogens is 1. The lowest BCUT2D eigenvalue weighted by molar-refractivity contribution is 0.171. The van der Waals surface area contributed by atoms with Crippen LogP contribution < -0.4 is 14.2 Å². The third-order valence-corrected chi connectivity index (χ3v) is 2.83. The van der Waals surface area contributed by atoms with E-state index in [0.717, 1.165) is 6.26 Å². The Morgan fingerprint density at radius 2 is 1.81 bits per heavy atom. The third kappa shape index (κ3) is 2.51. The molecule has 1 aliphatic heterocycles. The second-order valence-corrected chi connectivity index (χ2v) is 5.51. The van der Waals surface area contributed by atoms with Gasteiger partial charge in [-0.1, -0.05) is 11.6 Å². The summed E-state index contributed by atoms with van der Waals surface area (Å²) in [6.07, 6.45) is 1.06. The molecule has 2 rings (SSSR count). The van der Waals surface area contributed by atoms with Crippen LogP contribution in [-0.4, -0.2) is 27.9 Å². The van der Waals surface area contributed by atoms with E-state index in [0.29, 0.717) is 24.7 Å². The predicted molar refractivity (Wildman–Crippen MR) is 60.9 cm³/mol. The van der Waals surface area contributed by atoms with Crippen molar-refractivity contribution in [3.05, 3.63) is 17.2 Å². The van der Waals surface area contributed by atoms with E-state index in [2.05, 4.69) is 4.72 Å². The molecule has 1 aliphatic rings. The van der Waals surface area contributed by atoms with Crippen molar-refractivity contribution in [2.75, 3.05) is 24.2 Å². The maximum Gasteiger partial charge on any atom is 0.229 e.